The zero-order valence-electron chi connectivity index (χ0n) is 26.0. The zero-order valence-corrected chi connectivity index (χ0v) is 27.5. The number of ether oxygens (including phenoxy) is 5. The molecule has 5 aromatic rings. The summed E-state index contributed by atoms with van der Waals surface area (Å²) in [6.07, 6.45) is 0. The minimum absolute atomic E-state index is 0.186. The Hall–Kier alpha value is -4.42. The van der Waals surface area contributed by atoms with Gasteiger partial charge in [0.2, 0.25) is 0 Å². The first kappa shape index (κ1) is 32.5. The van der Waals surface area contributed by atoms with Crippen LogP contribution in [0.4, 0.5) is 0 Å². The standard InChI is InChI=1S/C35H34ClN3O7S/c1-3-42-35(41)30(18-40)37-17-25-14-27(36)33(16-32(25)45-19-22-7-9-28-29(13-22)39-47-38-28)46-20-24-5-4-6-26(21(24)2)23-8-10-31-34(15-23)44-12-11-43-31/h4-10,13-16,30,37,40H,3,11-12,17-20H2,1-2H3/t30-/m1/s1. The summed E-state index contributed by atoms with van der Waals surface area (Å²) < 4.78 is 37.7. The van der Waals surface area contributed by atoms with Crippen molar-refractivity contribution in [1.29, 1.82) is 0 Å². The third kappa shape index (κ3) is 7.60. The van der Waals surface area contributed by atoms with Crippen LogP contribution in [0.15, 0.2) is 66.7 Å². The van der Waals surface area contributed by atoms with Gasteiger partial charge < -0.3 is 28.8 Å². The number of fused-ring (bicyclic) bond motifs is 2. The summed E-state index contributed by atoms with van der Waals surface area (Å²) in [6, 6.07) is 20.4. The number of carbonyl (C=O) groups is 1. The second-order valence-electron chi connectivity index (χ2n) is 10.9. The summed E-state index contributed by atoms with van der Waals surface area (Å²) >= 11 is 7.90. The minimum atomic E-state index is -0.901. The Morgan fingerprint density at radius 2 is 1.77 bits per heavy atom. The number of nitrogens with one attached hydrogen (secondary N) is 1. The maximum absolute atomic E-state index is 12.3. The Labute approximate surface area is 281 Å². The number of aliphatic hydroxyl groups is 1. The molecule has 1 aliphatic heterocycles. The third-order valence-electron chi connectivity index (χ3n) is 7.80. The summed E-state index contributed by atoms with van der Waals surface area (Å²) in [5.74, 6) is 1.90. The lowest BCUT2D eigenvalue weighted by molar-refractivity contribution is -0.146. The highest BCUT2D eigenvalue weighted by molar-refractivity contribution is 7.00. The molecular formula is C35H34ClN3O7S. The fourth-order valence-electron chi connectivity index (χ4n) is 5.26. The summed E-state index contributed by atoms with van der Waals surface area (Å²) in [5, 5.41) is 13.2. The van der Waals surface area contributed by atoms with Crippen LogP contribution in [-0.4, -0.2) is 52.3 Å². The minimum Gasteiger partial charge on any atom is -0.488 e. The van der Waals surface area contributed by atoms with Gasteiger partial charge in [0.15, 0.2) is 11.5 Å². The van der Waals surface area contributed by atoms with Crippen LogP contribution in [0, 0.1) is 6.92 Å². The molecule has 1 atom stereocenters. The number of rotatable bonds is 13. The number of esters is 1. The lowest BCUT2D eigenvalue weighted by Gasteiger charge is -2.20. The Bertz CT molecular complexity index is 1880. The van der Waals surface area contributed by atoms with Crippen LogP contribution in [0.2, 0.25) is 5.02 Å². The molecule has 2 N–H and O–H groups in total. The fourth-order valence-corrected chi connectivity index (χ4v) is 6.01. The van der Waals surface area contributed by atoms with Gasteiger partial charge in [-0.05, 0) is 72.0 Å². The van der Waals surface area contributed by atoms with Crippen LogP contribution in [0.5, 0.6) is 23.0 Å². The molecule has 0 radical (unpaired) electrons. The molecule has 2 heterocycles. The average molecular weight is 676 g/mol. The first-order valence-electron chi connectivity index (χ1n) is 15.2. The van der Waals surface area contributed by atoms with Gasteiger partial charge in [0.05, 0.1) is 30.0 Å². The van der Waals surface area contributed by atoms with Crippen molar-refractivity contribution in [2.45, 2.75) is 39.6 Å². The topological polar surface area (TPSA) is 121 Å². The van der Waals surface area contributed by atoms with Gasteiger partial charge in [-0.25, -0.2) is 0 Å². The zero-order chi connectivity index (χ0) is 32.8. The lowest BCUT2D eigenvalue weighted by atomic mass is 9.96. The van der Waals surface area contributed by atoms with E-state index in [0.717, 1.165) is 62.1 Å². The van der Waals surface area contributed by atoms with Crippen LogP contribution < -0.4 is 24.3 Å². The van der Waals surface area contributed by atoms with Crippen molar-refractivity contribution in [2.24, 2.45) is 0 Å². The smallest absolute Gasteiger partial charge is 0.325 e. The fraction of sp³-hybridized carbons (Fsp3) is 0.286. The molecule has 6 rings (SSSR count). The Morgan fingerprint density at radius 1 is 0.957 bits per heavy atom. The number of aliphatic hydroxyl groups excluding tert-OH is 1. The van der Waals surface area contributed by atoms with E-state index in [-0.39, 0.29) is 26.4 Å². The van der Waals surface area contributed by atoms with E-state index in [1.165, 1.54) is 0 Å². The molecule has 0 unspecified atom stereocenters. The van der Waals surface area contributed by atoms with E-state index >= 15 is 0 Å². The SMILES string of the molecule is CCOC(=O)[C@@H](CO)NCc1cc(Cl)c(OCc2cccc(-c3ccc4c(c3)OCCO4)c2C)cc1OCc1ccc2nsnc2c1. The second kappa shape index (κ2) is 15.0. The van der Waals surface area contributed by atoms with Crippen molar-refractivity contribution in [3.8, 4) is 34.1 Å². The van der Waals surface area contributed by atoms with Gasteiger partial charge >= 0.3 is 5.97 Å². The monoisotopic (exact) mass is 675 g/mol. The van der Waals surface area contributed by atoms with E-state index in [2.05, 4.69) is 27.1 Å². The predicted octanol–water partition coefficient (Wildman–Crippen LogP) is 6.26. The molecule has 0 bridgehead atoms. The molecule has 0 saturated carbocycles. The molecule has 12 heteroatoms. The van der Waals surface area contributed by atoms with E-state index in [1.54, 1.807) is 19.1 Å². The summed E-state index contributed by atoms with van der Waals surface area (Å²) in [4.78, 5) is 12.3. The maximum atomic E-state index is 12.3. The van der Waals surface area contributed by atoms with Crippen LogP contribution in [0.3, 0.4) is 0 Å². The van der Waals surface area contributed by atoms with Gasteiger partial charge in [-0.15, -0.1) is 0 Å². The van der Waals surface area contributed by atoms with E-state index in [4.69, 9.17) is 35.3 Å². The number of hydrogen-bond acceptors (Lipinski definition) is 11. The second-order valence-corrected chi connectivity index (χ2v) is 11.8. The third-order valence-corrected chi connectivity index (χ3v) is 8.65. The first-order valence-corrected chi connectivity index (χ1v) is 16.3. The Kier molecular flexibility index (Phi) is 10.4. The number of benzene rings is 4. The molecule has 1 aliphatic rings. The van der Waals surface area contributed by atoms with Crippen LogP contribution in [0.1, 0.15) is 29.2 Å². The van der Waals surface area contributed by atoms with Crippen LogP contribution in [-0.2, 0) is 29.3 Å². The highest BCUT2D eigenvalue weighted by atomic mass is 35.5. The maximum Gasteiger partial charge on any atom is 0.325 e. The van der Waals surface area contributed by atoms with Crippen molar-refractivity contribution in [3.63, 3.8) is 0 Å². The Morgan fingerprint density at radius 3 is 2.60 bits per heavy atom. The number of carbonyl (C=O) groups excluding carboxylic acids is 1. The van der Waals surface area contributed by atoms with Gasteiger partial charge in [0, 0.05) is 18.2 Å². The van der Waals surface area contributed by atoms with E-state index in [9.17, 15) is 9.90 Å². The average Bonchev–Trinajstić information content (AvgIpc) is 3.56. The molecule has 0 saturated heterocycles. The van der Waals surface area contributed by atoms with Crippen LogP contribution >= 0.6 is 23.3 Å². The molecular weight excluding hydrogens is 642 g/mol. The molecule has 0 spiro atoms. The predicted molar refractivity (Wildman–Crippen MR) is 179 cm³/mol. The van der Waals surface area contributed by atoms with Gasteiger partial charge in [-0.2, -0.15) is 8.75 Å². The van der Waals surface area contributed by atoms with Crippen molar-refractivity contribution >= 4 is 40.3 Å². The van der Waals surface area contributed by atoms with Crippen LogP contribution in [0.25, 0.3) is 22.2 Å². The first-order chi connectivity index (χ1) is 22.9. The van der Waals surface area contributed by atoms with E-state index in [0.29, 0.717) is 35.3 Å². The molecule has 0 aliphatic carbocycles. The lowest BCUT2D eigenvalue weighted by Crippen LogP contribution is -2.40. The number of hydrogen-bond donors (Lipinski definition) is 2. The number of nitrogens with zero attached hydrogens (tertiary/aromatic N) is 2. The van der Waals surface area contributed by atoms with Gasteiger partial charge in [-0.3, -0.25) is 10.1 Å². The molecule has 0 amide bonds. The van der Waals surface area contributed by atoms with Gasteiger partial charge in [0.1, 0.15) is 55.0 Å². The largest absolute Gasteiger partial charge is 0.488 e. The molecule has 47 heavy (non-hydrogen) atoms. The van der Waals surface area contributed by atoms with Crippen molar-refractivity contribution in [2.75, 3.05) is 26.4 Å². The van der Waals surface area contributed by atoms with Crippen molar-refractivity contribution in [1.82, 2.24) is 14.1 Å². The summed E-state index contributed by atoms with van der Waals surface area (Å²) in [5.41, 5.74) is 7.36. The quantitative estimate of drug-likeness (QED) is 0.138. The van der Waals surface area contributed by atoms with Crippen molar-refractivity contribution < 1.29 is 33.6 Å². The summed E-state index contributed by atoms with van der Waals surface area (Å²) in [6.45, 7) is 5.34. The molecule has 10 nitrogen and oxygen atoms in total. The number of halogens is 1. The van der Waals surface area contributed by atoms with E-state index < -0.39 is 18.6 Å². The van der Waals surface area contributed by atoms with Gasteiger partial charge in [-0.1, -0.05) is 41.9 Å². The molecule has 4 aromatic carbocycles. The highest BCUT2D eigenvalue weighted by Gasteiger charge is 2.20. The Balaban J connectivity index is 1.23. The van der Waals surface area contributed by atoms with Gasteiger partial charge in [0.25, 0.3) is 0 Å². The summed E-state index contributed by atoms with van der Waals surface area (Å²) in [7, 11) is 0. The van der Waals surface area contributed by atoms with E-state index in [1.807, 2.05) is 48.5 Å². The molecule has 1 aromatic heterocycles. The number of aromatic nitrogens is 2. The normalized spacial score (nSPS) is 12.9. The van der Waals surface area contributed by atoms with Crippen molar-refractivity contribution in [3.05, 3.63) is 94.0 Å². The molecule has 244 valence electrons. The molecule has 0 fully saturated rings. The highest BCUT2D eigenvalue weighted by Crippen LogP contribution is 2.37.